The van der Waals surface area contributed by atoms with Gasteiger partial charge in [-0.2, -0.15) is 0 Å². The number of carbonyl (C=O) groups excluding carboxylic acids is 1. The fraction of sp³-hybridized carbons (Fsp3) is 0.300. The molecule has 0 saturated carbocycles. The van der Waals surface area contributed by atoms with E-state index in [1.165, 1.54) is 6.20 Å². The molecule has 6 heteroatoms. The maximum Gasteiger partial charge on any atom is 0.341 e. The Kier molecular flexibility index (Phi) is 4.25. The molecule has 0 aliphatic carbocycles. The van der Waals surface area contributed by atoms with Gasteiger partial charge in [0, 0.05) is 19.5 Å². The monoisotopic (exact) mass is 241 g/mol. The Balaban J connectivity index is 3.23. The molecule has 1 heterocycles. The van der Waals surface area contributed by atoms with Crippen molar-refractivity contribution >= 4 is 29.6 Å². The lowest BCUT2D eigenvalue weighted by Gasteiger charge is -2.09. The molecule has 16 heavy (non-hydrogen) atoms. The van der Waals surface area contributed by atoms with E-state index in [0.717, 1.165) is 6.21 Å². The molecule has 1 rings (SSSR count). The van der Waals surface area contributed by atoms with Gasteiger partial charge in [0.15, 0.2) is 0 Å². The van der Waals surface area contributed by atoms with Crippen LogP contribution in [0.15, 0.2) is 6.20 Å². The van der Waals surface area contributed by atoms with Gasteiger partial charge in [-0.1, -0.05) is 11.6 Å². The Hall–Kier alpha value is -1.62. The number of esters is 1. The number of nitrogens with one attached hydrogen (secondary N) is 2. The topological polar surface area (TPSA) is 75.1 Å². The van der Waals surface area contributed by atoms with Crippen molar-refractivity contribution in [1.29, 1.82) is 5.41 Å². The van der Waals surface area contributed by atoms with Crippen LogP contribution in [0.4, 0.5) is 5.82 Å². The van der Waals surface area contributed by atoms with Gasteiger partial charge in [-0.25, -0.2) is 9.78 Å². The van der Waals surface area contributed by atoms with Gasteiger partial charge < -0.3 is 15.5 Å². The zero-order valence-electron chi connectivity index (χ0n) is 9.00. The first-order valence-corrected chi connectivity index (χ1v) is 5.07. The van der Waals surface area contributed by atoms with Crippen LogP contribution in [-0.2, 0) is 4.74 Å². The van der Waals surface area contributed by atoms with Gasteiger partial charge in [-0.3, -0.25) is 0 Å². The van der Waals surface area contributed by atoms with E-state index in [-0.39, 0.29) is 17.2 Å². The smallest absolute Gasteiger partial charge is 0.341 e. The van der Waals surface area contributed by atoms with Gasteiger partial charge >= 0.3 is 5.97 Å². The van der Waals surface area contributed by atoms with Crippen LogP contribution in [0.3, 0.4) is 0 Å². The number of nitrogens with zero attached hydrogens (tertiary/aromatic N) is 1. The zero-order chi connectivity index (χ0) is 12.1. The third kappa shape index (κ3) is 2.30. The molecule has 5 nitrogen and oxygen atoms in total. The molecule has 0 aliphatic heterocycles. The molecular weight excluding hydrogens is 230 g/mol. The Labute approximate surface area is 98.3 Å². The van der Waals surface area contributed by atoms with E-state index in [1.54, 1.807) is 14.0 Å². The van der Waals surface area contributed by atoms with E-state index in [9.17, 15) is 4.79 Å². The van der Waals surface area contributed by atoms with Crippen LogP contribution >= 0.6 is 11.6 Å². The molecule has 0 amide bonds. The van der Waals surface area contributed by atoms with Gasteiger partial charge in [0.05, 0.1) is 22.8 Å². The maximum absolute atomic E-state index is 11.5. The van der Waals surface area contributed by atoms with Crippen molar-refractivity contribution in [3.8, 4) is 0 Å². The highest BCUT2D eigenvalue weighted by Crippen LogP contribution is 2.24. The number of ether oxygens (including phenoxy) is 1. The summed E-state index contributed by atoms with van der Waals surface area (Å²) in [5.41, 5.74) is 0.538. The molecule has 1 aromatic rings. The van der Waals surface area contributed by atoms with Crippen molar-refractivity contribution in [3.05, 3.63) is 22.3 Å². The molecule has 0 aromatic carbocycles. The van der Waals surface area contributed by atoms with Crippen molar-refractivity contribution in [2.75, 3.05) is 19.0 Å². The first-order chi connectivity index (χ1) is 7.65. The van der Waals surface area contributed by atoms with Crippen LogP contribution < -0.4 is 5.32 Å². The average Bonchev–Trinajstić information content (AvgIpc) is 2.28. The number of hydrogen-bond acceptors (Lipinski definition) is 5. The molecule has 0 bridgehead atoms. The Morgan fingerprint density at radius 3 is 2.94 bits per heavy atom. The SMILES string of the molecule is CCOC(=O)c1cnc(NC)c(C=N)c1Cl. The maximum atomic E-state index is 11.5. The molecule has 2 N–H and O–H groups in total. The van der Waals surface area contributed by atoms with Crippen LogP contribution in [0.25, 0.3) is 0 Å². The number of pyridine rings is 1. The summed E-state index contributed by atoms with van der Waals surface area (Å²) in [5.74, 6) is -0.0844. The fourth-order valence-corrected chi connectivity index (χ4v) is 1.46. The molecule has 0 aliphatic rings. The minimum atomic E-state index is -0.536. The quantitative estimate of drug-likeness (QED) is 0.624. The normalized spacial score (nSPS) is 9.69. The first-order valence-electron chi connectivity index (χ1n) is 4.69. The first kappa shape index (κ1) is 12.4. The molecule has 0 fully saturated rings. The van der Waals surface area contributed by atoms with E-state index in [2.05, 4.69) is 10.3 Å². The summed E-state index contributed by atoms with van der Waals surface area (Å²) in [4.78, 5) is 15.5. The largest absolute Gasteiger partial charge is 0.462 e. The minimum absolute atomic E-state index is 0.168. The van der Waals surface area contributed by atoms with Crippen LogP contribution in [0, 0.1) is 5.41 Å². The molecule has 0 saturated heterocycles. The zero-order valence-corrected chi connectivity index (χ0v) is 9.76. The summed E-state index contributed by atoms with van der Waals surface area (Å²) < 4.78 is 4.82. The Morgan fingerprint density at radius 2 is 2.44 bits per heavy atom. The lowest BCUT2D eigenvalue weighted by Crippen LogP contribution is -2.09. The number of hydrogen-bond donors (Lipinski definition) is 2. The van der Waals surface area contributed by atoms with Gasteiger partial charge in [-0.05, 0) is 6.92 Å². The third-order valence-corrected chi connectivity index (χ3v) is 2.33. The van der Waals surface area contributed by atoms with E-state index < -0.39 is 5.97 Å². The molecule has 0 unspecified atom stereocenters. The summed E-state index contributed by atoms with van der Waals surface area (Å²) >= 11 is 5.99. The molecule has 0 radical (unpaired) electrons. The number of carbonyl (C=O) groups is 1. The van der Waals surface area contributed by atoms with E-state index in [4.69, 9.17) is 21.7 Å². The summed E-state index contributed by atoms with van der Waals surface area (Å²) in [7, 11) is 1.66. The van der Waals surface area contributed by atoms with Gasteiger partial charge in [0.2, 0.25) is 0 Å². The number of rotatable bonds is 4. The van der Waals surface area contributed by atoms with Crippen molar-refractivity contribution in [2.24, 2.45) is 0 Å². The average molecular weight is 242 g/mol. The highest BCUT2D eigenvalue weighted by molar-refractivity contribution is 6.36. The fourth-order valence-electron chi connectivity index (χ4n) is 1.19. The predicted octanol–water partition coefficient (Wildman–Crippen LogP) is 1.95. The Morgan fingerprint density at radius 1 is 1.75 bits per heavy atom. The van der Waals surface area contributed by atoms with Crippen LogP contribution in [0.2, 0.25) is 5.02 Å². The summed E-state index contributed by atoms with van der Waals surface area (Å²) in [6.45, 7) is 1.97. The third-order valence-electron chi connectivity index (χ3n) is 1.93. The highest BCUT2D eigenvalue weighted by atomic mass is 35.5. The van der Waals surface area contributed by atoms with Crippen LogP contribution in [-0.4, -0.2) is 30.8 Å². The summed E-state index contributed by atoms with van der Waals surface area (Å²) in [6, 6.07) is 0. The van der Waals surface area contributed by atoms with Crippen molar-refractivity contribution in [1.82, 2.24) is 4.98 Å². The van der Waals surface area contributed by atoms with Crippen molar-refractivity contribution in [2.45, 2.75) is 6.92 Å². The summed E-state index contributed by atoms with van der Waals surface area (Å²) in [5, 5.41) is 10.2. The van der Waals surface area contributed by atoms with Gasteiger partial charge in [-0.15, -0.1) is 0 Å². The predicted molar refractivity (Wildman–Crippen MR) is 62.6 cm³/mol. The lowest BCUT2D eigenvalue weighted by molar-refractivity contribution is 0.0526. The number of aromatic nitrogens is 1. The van der Waals surface area contributed by atoms with E-state index >= 15 is 0 Å². The van der Waals surface area contributed by atoms with E-state index in [1.807, 2.05) is 0 Å². The molecule has 86 valence electrons. The van der Waals surface area contributed by atoms with Crippen molar-refractivity contribution in [3.63, 3.8) is 0 Å². The lowest BCUT2D eigenvalue weighted by atomic mass is 10.2. The second-order valence-electron chi connectivity index (χ2n) is 2.86. The second kappa shape index (κ2) is 5.46. The van der Waals surface area contributed by atoms with Gasteiger partial charge in [0.25, 0.3) is 0 Å². The number of anilines is 1. The highest BCUT2D eigenvalue weighted by Gasteiger charge is 2.17. The molecule has 0 atom stereocenters. The molecular formula is C10H12ClN3O2. The van der Waals surface area contributed by atoms with E-state index in [0.29, 0.717) is 11.4 Å². The van der Waals surface area contributed by atoms with Crippen LogP contribution in [0.1, 0.15) is 22.8 Å². The number of halogens is 1. The van der Waals surface area contributed by atoms with Crippen molar-refractivity contribution < 1.29 is 9.53 Å². The summed E-state index contributed by atoms with van der Waals surface area (Å²) in [6.07, 6.45) is 2.38. The van der Waals surface area contributed by atoms with Crippen LogP contribution in [0.5, 0.6) is 0 Å². The minimum Gasteiger partial charge on any atom is -0.462 e. The second-order valence-corrected chi connectivity index (χ2v) is 3.24. The Bertz CT molecular complexity index is 421. The molecule has 0 spiro atoms. The molecule has 1 aromatic heterocycles. The standard InChI is InChI=1S/C10H12ClN3O2/c1-3-16-10(15)7-5-14-9(13-2)6(4-12)8(7)11/h4-5,12H,3H2,1-2H3,(H,13,14). The van der Waals surface area contributed by atoms with Gasteiger partial charge in [0.1, 0.15) is 5.82 Å².